The van der Waals surface area contributed by atoms with Gasteiger partial charge in [0.15, 0.2) is 5.69 Å². The molecule has 214 valence electrons. The zero-order valence-electron chi connectivity index (χ0n) is 22.4. The summed E-state index contributed by atoms with van der Waals surface area (Å²) < 4.78 is 48.6. The first-order valence-electron chi connectivity index (χ1n) is 13.5. The van der Waals surface area contributed by atoms with Crippen molar-refractivity contribution >= 4 is 17.3 Å². The van der Waals surface area contributed by atoms with Gasteiger partial charge in [-0.3, -0.25) is 14.4 Å². The largest absolute Gasteiger partial charge is 0.435 e. The zero-order valence-corrected chi connectivity index (χ0v) is 22.4. The number of carbonyl (C=O) groups excluding carboxylic acids is 1. The minimum absolute atomic E-state index is 0.0468. The first kappa shape index (κ1) is 27.2. The number of amides is 1. The second kappa shape index (κ2) is 10.4. The summed E-state index contributed by atoms with van der Waals surface area (Å²) in [6.07, 6.45) is 1.44. The maximum absolute atomic E-state index is 13.9. The number of piperazine rings is 1. The van der Waals surface area contributed by atoms with Crippen molar-refractivity contribution in [1.82, 2.24) is 24.6 Å². The Hall–Kier alpha value is -4.02. The van der Waals surface area contributed by atoms with Gasteiger partial charge in [0.25, 0.3) is 5.91 Å². The van der Waals surface area contributed by atoms with Crippen LogP contribution in [0, 0.1) is 16.7 Å². The van der Waals surface area contributed by atoms with E-state index in [1.54, 1.807) is 29.2 Å². The first-order valence-corrected chi connectivity index (χ1v) is 13.5. The second-order valence-corrected chi connectivity index (χ2v) is 11.0. The molecule has 1 amide bonds. The van der Waals surface area contributed by atoms with Gasteiger partial charge >= 0.3 is 6.18 Å². The van der Waals surface area contributed by atoms with E-state index >= 15 is 0 Å². The quantitative estimate of drug-likeness (QED) is 0.460. The van der Waals surface area contributed by atoms with E-state index in [1.165, 1.54) is 18.3 Å². The number of hydrogen-bond acceptors (Lipinski definition) is 8. The van der Waals surface area contributed by atoms with Crippen molar-refractivity contribution in [3.8, 4) is 17.3 Å². The third kappa shape index (κ3) is 5.62. The van der Waals surface area contributed by atoms with Gasteiger partial charge in [0.2, 0.25) is 0 Å². The minimum Gasteiger partial charge on any atom is -0.378 e. The molecule has 3 aliphatic rings. The third-order valence-corrected chi connectivity index (χ3v) is 7.99. The molecule has 0 spiro atoms. The Balaban J connectivity index is 1.20. The Bertz CT molecular complexity index is 1490. The van der Waals surface area contributed by atoms with E-state index in [0.717, 1.165) is 19.4 Å². The lowest BCUT2D eigenvalue weighted by molar-refractivity contribution is -0.140. The molecular formula is C28H29F3N8O2. The zero-order chi connectivity index (χ0) is 28.8. The third-order valence-electron chi connectivity index (χ3n) is 7.99. The monoisotopic (exact) mass is 566 g/mol. The predicted octanol–water partition coefficient (Wildman–Crippen LogP) is 3.82. The molecule has 41 heavy (non-hydrogen) atoms. The van der Waals surface area contributed by atoms with Crippen molar-refractivity contribution in [1.29, 1.82) is 5.26 Å². The molecule has 13 heteroatoms. The fraction of sp³-hybridized carbons (Fsp3) is 0.464. The molecule has 1 atom stereocenters. The van der Waals surface area contributed by atoms with E-state index < -0.39 is 23.5 Å². The SMILES string of the molecule is C[C@H]1CN(c2cnc(C(F)(F)F)c(NC(=O)c3cccc(-c4cnn(CC5(C#N)CC5)c4)n3)c2)CCN1C1COC1. The van der Waals surface area contributed by atoms with Gasteiger partial charge in [-0.15, -0.1) is 0 Å². The van der Waals surface area contributed by atoms with Crippen LogP contribution < -0.4 is 10.2 Å². The van der Waals surface area contributed by atoms with Crippen molar-refractivity contribution in [3.05, 3.63) is 54.2 Å². The topological polar surface area (TPSA) is 112 Å². The summed E-state index contributed by atoms with van der Waals surface area (Å²) in [5.41, 5.74) is -0.439. The highest BCUT2D eigenvalue weighted by Gasteiger charge is 2.44. The lowest BCUT2D eigenvalue weighted by Gasteiger charge is -2.47. The van der Waals surface area contributed by atoms with Crippen LogP contribution in [0.4, 0.5) is 24.5 Å². The van der Waals surface area contributed by atoms with Gasteiger partial charge in [-0.2, -0.15) is 23.5 Å². The van der Waals surface area contributed by atoms with Crippen molar-refractivity contribution in [3.63, 3.8) is 0 Å². The molecule has 6 rings (SSSR count). The molecule has 1 N–H and O–H groups in total. The van der Waals surface area contributed by atoms with Crippen molar-refractivity contribution < 1.29 is 22.7 Å². The van der Waals surface area contributed by atoms with Crippen LogP contribution in [0.3, 0.4) is 0 Å². The van der Waals surface area contributed by atoms with Crippen LogP contribution >= 0.6 is 0 Å². The number of pyridine rings is 2. The van der Waals surface area contributed by atoms with Gasteiger partial charge in [0.1, 0.15) is 5.69 Å². The van der Waals surface area contributed by atoms with Gasteiger partial charge in [0, 0.05) is 37.4 Å². The molecule has 0 radical (unpaired) electrons. The van der Waals surface area contributed by atoms with Crippen LogP contribution in [0.25, 0.3) is 11.3 Å². The highest BCUT2D eigenvalue weighted by molar-refractivity contribution is 6.03. The van der Waals surface area contributed by atoms with Crippen molar-refractivity contribution in [2.75, 3.05) is 43.1 Å². The summed E-state index contributed by atoms with van der Waals surface area (Å²) in [4.78, 5) is 25.6. The van der Waals surface area contributed by atoms with Crippen LogP contribution in [0.1, 0.15) is 35.9 Å². The highest BCUT2D eigenvalue weighted by Crippen LogP contribution is 2.46. The number of aromatic nitrogens is 4. The number of anilines is 2. The molecule has 5 heterocycles. The first-order chi connectivity index (χ1) is 19.6. The fourth-order valence-corrected chi connectivity index (χ4v) is 5.37. The smallest absolute Gasteiger partial charge is 0.378 e. The van der Waals surface area contributed by atoms with Gasteiger partial charge in [-0.05, 0) is 38.0 Å². The maximum Gasteiger partial charge on any atom is 0.435 e. The molecule has 1 saturated carbocycles. The summed E-state index contributed by atoms with van der Waals surface area (Å²) in [7, 11) is 0. The number of nitriles is 1. The van der Waals surface area contributed by atoms with E-state index in [9.17, 15) is 23.2 Å². The predicted molar refractivity (Wildman–Crippen MR) is 143 cm³/mol. The van der Waals surface area contributed by atoms with Crippen LogP contribution in [-0.2, 0) is 17.5 Å². The van der Waals surface area contributed by atoms with Crippen molar-refractivity contribution in [2.45, 2.75) is 44.6 Å². The minimum atomic E-state index is -4.76. The Morgan fingerprint density at radius 3 is 2.71 bits per heavy atom. The maximum atomic E-state index is 13.9. The average molecular weight is 567 g/mol. The molecule has 0 bridgehead atoms. The van der Waals surface area contributed by atoms with E-state index in [1.807, 2.05) is 4.90 Å². The molecule has 3 aromatic rings. The van der Waals surface area contributed by atoms with E-state index in [4.69, 9.17) is 4.74 Å². The number of alkyl halides is 3. The van der Waals surface area contributed by atoms with Crippen LogP contribution in [0.2, 0.25) is 0 Å². The number of rotatable bonds is 7. The lowest BCUT2D eigenvalue weighted by Crippen LogP contribution is -2.60. The normalized spacial score (nSPS) is 20.8. The molecule has 3 fully saturated rings. The Morgan fingerprint density at radius 1 is 1.24 bits per heavy atom. The van der Waals surface area contributed by atoms with Crippen LogP contribution in [0.5, 0.6) is 0 Å². The number of nitrogens with one attached hydrogen (secondary N) is 1. The van der Waals surface area contributed by atoms with Gasteiger partial charge in [-0.1, -0.05) is 6.07 Å². The molecular weight excluding hydrogens is 537 g/mol. The summed E-state index contributed by atoms with van der Waals surface area (Å²) in [6.45, 7) is 5.93. The van der Waals surface area contributed by atoms with E-state index in [-0.39, 0.29) is 17.2 Å². The number of hydrogen-bond donors (Lipinski definition) is 1. The molecule has 1 aliphatic carbocycles. The highest BCUT2D eigenvalue weighted by atomic mass is 19.4. The molecule has 2 aliphatic heterocycles. The Labute approximate surface area is 234 Å². The van der Waals surface area contributed by atoms with Crippen molar-refractivity contribution in [2.24, 2.45) is 5.41 Å². The molecule has 3 aromatic heterocycles. The second-order valence-electron chi connectivity index (χ2n) is 11.0. The van der Waals surface area contributed by atoms with Crippen LogP contribution in [0.15, 0.2) is 42.9 Å². The number of carbonyl (C=O) groups is 1. The molecule has 10 nitrogen and oxygen atoms in total. The standard InChI is InChI=1S/C28H29F3N8O2/c1-18-12-37(7-8-39(18)21-14-41-15-21)20-9-24(25(33-11-20)28(29,30)31)36-26(40)23-4-2-3-22(35-23)19-10-34-38(13-19)17-27(16-32)5-6-27/h2-4,9-11,13,18,21H,5-8,12,14-15,17H2,1H3,(H,36,40)/t18-/m0/s1. The Kier molecular flexibility index (Phi) is 6.91. The number of halogens is 3. The lowest BCUT2D eigenvalue weighted by atomic mass is 10.1. The average Bonchev–Trinajstić information content (AvgIpc) is 3.54. The molecule has 0 unspecified atom stereocenters. The number of nitrogens with zero attached hydrogens (tertiary/aromatic N) is 7. The fourth-order valence-electron chi connectivity index (χ4n) is 5.37. The summed E-state index contributed by atoms with van der Waals surface area (Å²) in [6, 6.07) is 8.95. The summed E-state index contributed by atoms with van der Waals surface area (Å²) in [5.74, 6) is -0.784. The number of ether oxygens (including phenoxy) is 1. The summed E-state index contributed by atoms with van der Waals surface area (Å²) in [5, 5.41) is 16.1. The molecule has 0 aromatic carbocycles. The van der Waals surface area contributed by atoms with Gasteiger partial charge in [0.05, 0.1) is 66.7 Å². The summed E-state index contributed by atoms with van der Waals surface area (Å²) >= 11 is 0. The van der Waals surface area contributed by atoms with Gasteiger partial charge in [-0.25, -0.2) is 9.97 Å². The van der Waals surface area contributed by atoms with E-state index in [2.05, 4.69) is 38.3 Å². The van der Waals surface area contributed by atoms with Gasteiger partial charge < -0.3 is 15.0 Å². The van der Waals surface area contributed by atoms with E-state index in [0.29, 0.717) is 55.8 Å². The van der Waals surface area contributed by atoms with Crippen LogP contribution in [-0.4, -0.2) is 75.5 Å². The molecule has 2 saturated heterocycles. The Morgan fingerprint density at radius 2 is 2.05 bits per heavy atom.